The number of rotatable bonds is 8. The van der Waals surface area contributed by atoms with Crippen LogP contribution in [0.1, 0.15) is 44.9 Å². The number of fused-ring (bicyclic) bond motifs is 1. The van der Waals surface area contributed by atoms with Crippen molar-refractivity contribution in [1.82, 2.24) is 25.6 Å². The molecule has 2 heterocycles. The average Bonchev–Trinajstić information content (AvgIpc) is 3.36. The molecule has 3 aromatic rings. The molecule has 1 aliphatic heterocycles. The number of carbonyl (C=O) groups is 2. The molecule has 0 fully saturated rings. The van der Waals surface area contributed by atoms with Gasteiger partial charge in [-0.15, -0.1) is 5.10 Å². The van der Waals surface area contributed by atoms with Gasteiger partial charge in [-0.1, -0.05) is 42.5 Å². The molecule has 4 rings (SSSR count). The van der Waals surface area contributed by atoms with Gasteiger partial charge in [0.25, 0.3) is 11.8 Å². The number of nitriles is 1. The number of para-hydroxylation sites is 1. The van der Waals surface area contributed by atoms with Crippen LogP contribution >= 0.6 is 0 Å². The van der Waals surface area contributed by atoms with E-state index in [-0.39, 0.29) is 18.1 Å². The van der Waals surface area contributed by atoms with E-state index < -0.39 is 11.9 Å². The zero-order valence-corrected chi connectivity index (χ0v) is 18.7. The molecule has 0 saturated carbocycles. The quantitative estimate of drug-likeness (QED) is 0.526. The van der Waals surface area contributed by atoms with E-state index in [4.69, 9.17) is 9.47 Å². The van der Waals surface area contributed by atoms with E-state index in [0.29, 0.717) is 42.4 Å². The molecule has 10 nitrogen and oxygen atoms in total. The first-order chi connectivity index (χ1) is 16.6. The number of aryl methyl sites for hydroxylation is 1. The van der Waals surface area contributed by atoms with E-state index in [1.807, 2.05) is 31.2 Å². The van der Waals surface area contributed by atoms with Crippen LogP contribution in [-0.2, 0) is 13.0 Å². The Bertz CT molecular complexity index is 1210. The van der Waals surface area contributed by atoms with Crippen molar-refractivity contribution >= 4 is 11.8 Å². The third kappa shape index (κ3) is 5.15. The maximum Gasteiger partial charge on any atom is 0.274 e. The van der Waals surface area contributed by atoms with Crippen LogP contribution in [0.15, 0.2) is 48.7 Å². The van der Waals surface area contributed by atoms with Gasteiger partial charge in [0.2, 0.25) is 0 Å². The lowest BCUT2D eigenvalue weighted by molar-refractivity contribution is 0.0931. The van der Waals surface area contributed by atoms with Crippen LogP contribution in [0, 0.1) is 11.3 Å². The standard InChI is InChI=1S/C24H24N6O4/c1-2-16-6-8-17(9-7-16)19(14-25)27-24(32)20-15-30(29-28-20)11-10-26-23(31)18-4-3-5-21-22(18)34-13-12-33-21/h3-9,15,19H,2,10-13H2,1H3,(H,26,31)(H,27,32). The molecule has 1 aromatic heterocycles. The second-order valence-electron chi connectivity index (χ2n) is 7.58. The minimum absolute atomic E-state index is 0.0828. The van der Waals surface area contributed by atoms with Crippen LogP contribution in [-0.4, -0.2) is 46.6 Å². The van der Waals surface area contributed by atoms with Crippen molar-refractivity contribution in [3.63, 3.8) is 0 Å². The zero-order chi connectivity index (χ0) is 23.9. The van der Waals surface area contributed by atoms with Crippen molar-refractivity contribution < 1.29 is 19.1 Å². The van der Waals surface area contributed by atoms with Crippen LogP contribution in [0.2, 0.25) is 0 Å². The molecule has 2 aromatic carbocycles. The van der Waals surface area contributed by atoms with E-state index >= 15 is 0 Å². The summed E-state index contributed by atoms with van der Waals surface area (Å²) in [6, 6.07) is 14.0. The molecular formula is C24H24N6O4. The van der Waals surface area contributed by atoms with E-state index in [9.17, 15) is 14.9 Å². The van der Waals surface area contributed by atoms with Gasteiger partial charge < -0.3 is 20.1 Å². The predicted octanol–water partition coefficient (Wildman–Crippen LogP) is 2.04. The van der Waals surface area contributed by atoms with E-state index in [0.717, 1.165) is 12.0 Å². The molecule has 1 unspecified atom stereocenters. The summed E-state index contributed by atoms with van der Waals surface area (Å²) >= 11 is 0. The second-order valence-corrected chi connectivity index (χ2v) is 7.58. The Kier molecular flexibility index (Phi) is 7.03. The van der Waals surface area contributed by atoms with Crippen LogP contribution < -0.4 is 20.1 Å². The van der Waals surface area contributed by atoms with Crippen molar-refractivity contribution in [3.05, 3.63) is 71.0 Å². The van der Waals surface area contributed by atoms with Crippen LogP contribution in [0.4, 0.5) is 0 Å². The summed E-state index contributed by atoms with van der Waals surface area (Å²) in [5, 5.41) is 22.8. The van der Waals surface area contributed by atoms with E-state index in [1.54, 1.807) is 18.2 Å². The molecule has 174 valence electrons. The summed E-state index contributed by atoms with van der Waals surface area (Å²) in [7, 11) is 0. The first-order valence-corrected chi connectivity index (χ1v) is 10.9. The number of ether oxygens (including phenoxy) is 2. The molecule has 10 heteroatoms. The predicted molar refractivity (Wildman–Crippen MR) is 121 cm³/mol. The van der Waals surface area contributed by atoms with Crippen molar-refractivity contribution in [3.8, 4) is 17.6 Å². The lowest BCUT2D eigenvalue weighted by atomic mass is 10.0. The molecule has 2 N–H and O–H groups in total. The monoisotopic (exact) mass is 460 g/mol. The lowest BCUT2D eigenvalue weighted by Gasteiger charge is -2.20. The number of benzene rings is 2. The Balaban J connectivity index is 1.31. The van der Waals surface area contributed by atoms with Gasteiger partial charge in [0.05, 0.1) is 24.4 Å². The van der Waals surface area contributed by atoms with Crippen LogP contribution in [0.25, 0.3) is 0 Å². The van der Waals surface area contributed by atoms with E-state index in [2.05, 4.69) is 27.0 Å². The van der Waals surface area contributed by atoms with Gasteiger partial charge in [0.15, 0.2) is 17.2 Å². The molecule has 34 heavy (non-hydrogen) atoms. The first-order valence-electron chi connectivity index (χ1n) is 10.9. The lowest BCUT2D eigenvalue weighted by Crippen LogP contribution is -2.29. The molecule has 0 spiro atoms. The van der Waals surface area contributed by atoms with Gasteiger partial charge in [-0.3, -0.25) is 9.59 Å². The summed E-state index contributed by atoms with van der Waals surface area (Å²) < 4.78 is 12.5. The van der Waals surface area contributed by atoms with Crippen molar-refractivity contribution in [1.29, 1.82) is 5.26 Å². The minimum atomic E-state index is -0.800. The summed E-state index contributed by atoms with van der Waals surface area (Å²) in [4.78, 5) is 25.1. The fourth-order valence-electron chi connectivity index (χ4n) is 3.48. The Morgan fingerprint density at radius 1 is 1.15 bits per heavy atom. The summed E-state index contributed by atoms with van der Waals surface area (Å²) in [5.74, 6) is 0.172. The largest absolute Gasteiger partial charge is 0.486 e. The van der Waals surface area contributed by atoms with E-state index in [1.165, 1.54) is 10.9 Å². The molecule has 0 radical (unpaired) electrons. The number of nitrogens with zero attached hydrogens (tertiary/aromatic N) is 4. The first kappa shape index (κ1) is 22.8. The zero-order valence-electron chi connectivity index (χ0n) is 18.7. The van der Waals surface area contributed by atoms with Gasteiger partial charge in [0.1, 0.15) is 19.3 Å². The van der Waals surface area contributed by atoms with Crippen LogP contribution in [0.5, 0.6) is 11.5 Å². The maximum absolute atomic E-state index is 12.6. The number of aromatic nitrogens is 3. The van der Waals surface area contributed by atoms with Crippen LogP contribution in [0.3, 0.4) is 0 Å². The van der Waals surface area contributed by atoms with Gasteiger partial charge >= 0.3 is 0 Å². The molecule has 2 amide bonds. The van der Waals surface area contributed by atoms with Crippen molar-refractivity contribution in [2.45, 2.75) is 25.9 Å². The molecule has 0 aliphatic carbocycles. The highest BCUT2D eigenvalue weighted by atomic mass is 16.6. The number of hydrogen-bond acceptors (Lipinski definition) is 7. The highest BCUT2D eigenvalue weighted by Gasteiger charge is 2.21. The Labute approximate surface area is 196 Å². The number of nitrogens with one attached hydrogen (secondary N) is 2. The van der Waals surface area contributed by atoms with Crippen molar-refractivity contribution in [2.75, 3.05) is 19.8 Å². The Morgan fingerprint density at radius 3 is 2.71 bits per heavy atom. The van der Waals surface area contributed by atoms with Gasteiger partial charge in [-0.05, 0) is 29.7 Å². The fourth-order valence-corrected chi connectivity index (χ4v) is 3.48. The second kappa shape index (κ2) is 10.5. The highest BCUT2D eigenvalue weighted by molar-refractivity contribution is 5.97. The third-order valence-electron chi connectivity index (χ3n) is 5.33. The number of carbonyl (C=O) groups excluding carboxylic acids is 2. The van der Waals surface area contributed by atoms with Crippen molar-refractivity contribution in [2.24, 2.45) is 0 Å². The molecule has 1 aliphatic rings. The number of hydrogen-bond donors (Lipinski definition) is 2. The molecule has 0 bridgehead atoms. The molecular weight excluding hydrogens is 436 g/mol. The average molecular weight is 460 g/mol. The van der Waals surface area contributed by atoms with Gasteiger partial charge in [-0.25, -0.2) is 4.68 Å². The highest BCUT2D eigenvalue weighted by Crippen LogP contribution is 2.33. The smallest absolute Gasteiger partial charge is 0.274 e. The molecule has 1 atom stereocenters. The Morgan fingerprint density at radius 2 is 1.94 bits per heavy atom. The third-order valence-corrected chi connectivity index (χ3v) is 5.33. The fraction of sp³-hybridized carbons (Fsp3) is 0.292. The Hall–Kier alpha value is -4.39. The summed E-state index contributed by atoms with van der Waals surface area (Å²) in [6.07, 6.45) is 2.36. The maximum atomic E-state index is 12.6. The molecule has 0 saturated heterocycles. The SMILES string of the molecule is CCc1ccc(C(C#N)NC(=O)c2cn(CCNC(=O)c3cccc4c3OCCO4)nn2)cc1. The normalized spacial score (nSPS) is 12.9. The van der Waals surface area contributed by atoms with Gasteiger partial charge in [0, 0.05) is 6.54 Å². The topological polar surface area (TPSA) is 131 Å². The number of amides is 2. The minimum Gasteiger partial charge on any atom is -0.486 e. The summed E-state index contributed by atoms with van der Waals surface area (Å²) in [6.45, 7) is 3.45. The summed E-state index contributed by atoms with van der Waals surface area (Å²) in [5.41, 5.74) is 2.32. The van der Waals surface area contributed by atoms with Gasteiger partial charge in [-0.2, -0.15) is 5.26 Å².